The van der Waals surface area contributed by atoms with Crippen molar-refractivity contribution < 1.29 is 14.3 Å². The third kappa shape index (κ3) is 8.14. The Balaban J connectivity index is 2.90. The van der Waals surface area contributed by atoms with Crippen molar-refractivity contribution in [3.8, 4) is 11.5 Å². The number of nitrogens with one attached hydrogen (secondary N) is 1. The van der Waals surface area contributed by atoms with E-state index < -0.39 is 25.8 Å². The van der Waals surface area contributed by atoms with Crippen molar-refractivity contribution in [2.24, 2.45) is 0 Å². The first-order chi connectivity index (χ1) is 12.2. The summed E-state index contributed by atoms with van der Waals surface area (Å²) in [5.74, 6) is 3.10. The number of likely N-dealkylation sites (N-methyl/N-ethyl adjacent to an activating group) is 1. The molecule has 1 N–H and O–H groups in total. The number of hydrogen-bond donors (Lipinski definition) is 1. The van der Waals surface area contributed by atoms with Crippen LogP contribution in [0.1, 0.15) is 33.4 Å². The third-order valence-corrected chi connectivity index (χ3v) is 4.81. The molecule has 1 atom stereocenters. The maximum Gasteiger partial charge on any atom is 0.410 e. The normalized spacial score (nSPS) is 12.5. The van der Waals surface area contributed by atoms with Crippen molar-refractivity contribution in [3.05, 3.63) is 22.3 Å². The molecule has 1 heterocycles. The lowest BCUT2D eigenvalue weighted by Gasteiger charge is -2.28. The van der Waals surface area contributed by atoms with Crippen molar-refractivity contribution in [3.63, 3.8) is 0 Å². The number of nitrogens with zero attached hydrogens (tertiary/aromatic N) is 2. The Hall–Kier alpha value is -1.85. The number of anilines is 1. The molecule has 1 aromatic rings. The molecule has 6 nitrogen and oxygen atoms in total. The third-order valence-electron chi connectivity index (χ3n) is 3.30. The molecule has 0 bridgehead atoms. The molecule has 27 heavy (non-hydrogen) atoms. The second-order valence-corrected chi connectivity index (χ2v) is 13.9. The monoisotopic (exact) mass is 453 g/mol. The van der Waals surface area contributed by atoms with Crippen molar-refractivity contribution in [1.82, 2.24) is 9.88 Å². The van der Waals surface area contributed by atoms with E-state index in [9.17, 15) is 9.59 Å². The summed E-state index contributed by atoms with van der Waals surface area (Å²) in [6, 6.07) is 2.75. The average molecular weight is 454 g/mol. The average Bonchev–Trinajstić information content (AvgIpc) is 2.51. The lowest BCUT2D eigenvalue weighted by atomic mass is 10.2. The van der Waals surface area contributed by atoms with Gasteiger partial charge in [0, 0.05) is 7.05 Å². The van der Waals surface area contributed by atoms with Crippen LogP contribution in [0.2, 0.25) is 19.6 Å². The highest BCUT2D eigenvalue weighted by Crippen LogP contribution is 2.18. The first-order valence-corrected chi connectivity index (χ1v) is 13.0. The summed E-state index contributed by atoms with van der Waals surface area (Å²) in [5.41, 5.74) is 3.20. The zero-order valence-electron chi connectivity index (χ0n) is 17.2. The van der Waals surface area contributed by atoms with Gasteiger partial charge in [0.2, 0.25) is 5.91 Å². The van der Waals surface area contributed by atoms with Gasteiger partial charge in [-0.15, -0.1) is 5.54 Å². The van der Waals surface area contributed by atoms with Crippen LogP contribution in [0, 0.1) is 11.5 Å². The molecular weight excluding hydrogens is 426 g/mol. The van der Waals surface area contributed by atoms with Crippen LogP contribution in [0.4, 0.5) is 10.6 Å². The number of rotatable bonds is 3. The van der Waals surface area contributed by atoms with Crippen LogP contribution in [-0.2, 0) is 9.53 Å². The minimum Gasteiger partial charge on any atom is -0.444 e. The molecule has 1 rings (SSSR count). The van der Waals surface area contributed by atoms with Crippen molar-refractivity contribution in [2.45, 2.75) is 59.0 Å². The number of carbonyl (C=O) groups excluding carboxylic acids is 2. The number of halogens is 1. The molecule has 0 saturated carbocycles. The van der Waals surface area contributed by atoms with Crippen molar-refractivity contribution in [2.75, 3.05) is 12.4 Å². The van der Waals surface area contributed by atoms with E-state index in [2.05, 4.69) is 57.3 Å². The highest BCUT2D eigenvalue weighted by Gasteiger charge is 2.27. The van der Waals surface area contributed by atoms with Crippen molar-refractivity contribution >= 4 is 41.8 Å². The van der Waals surface area contributed by atoms with E-state index in [0.717, 1.165) is 4.47 Å². The summed E-state index contributed by atoms with van der Waals surface area (Å²) < 4.78 is 6.06. The standard InChI is InChI=1S/C19H28BrN3O3Si/c1-13(23(5)18(25)26-19(2,3)4)17(24)22-16-10-9-14(20)15(21-16)11-12-27(6,7)8/h9-10,13H,1-8H3,(H,21,22,24)/t13-/m0/s1. The maximum atomic E-state index is 12.5. The lowest BCUT2D eigenvalue weighted by molar-refractivity contribution is -0.120. The summed E-state index contributed by atoms with van der Waals surface area (Å²) in [6.07, 6.45) is -0.560. The second-order valence-electron chi connectivity index (χ2n) is 8.28. The molecule has 0 spiro atoms. The Kier molecular flexibility index (Phi) is 7.63. The fourth-order valence-electron chi connectivity index (χ4n) is 1.74. The van der Waals surface area contributed by atoms with Crippen LogP contribution in [0.3, 0.4) is 0 Å². The first-order valence-electron chi connectivity index (χ1n) is 8.66. The van der Waals surface area contributed by atoms with Crippen molar-refractivity contribution in [1.29, 1.82) is 0 Å². The predicted molar refractivity (Wildman–Crippen MR) is 114 cm³/mol. The molecular formula is C19H28BrN3O3Si. The quantitative estimate of drug-likeness (QED) is 0.547. The molecule has 1 aromatic heterocycles. The zero-order chi connectivity index (χ0) is 21.0. The van der Waals surface area contributed by atoms with Crippen LogP contribution in [0.15, 0.2) is 16.6 Å². The van der Waals surface area contributed by atoms with Gasteiger partial charge in [0.15, 0.2) is 0 Å². The number of hydrogen-bond acceptors (Lipinski definition) is 4. The highest BCUT2D eigenvalue weighted by molar-refractivity contribution is 9.10. The fraction of sp³-hybridized carbons (Fsp3) is 0.526. The summed E-state index contributed by atoms with van der Waals surface area (Å²) in [7, 11) is -0.0189. The zero-order valence-corrected chi connectivity index (χ0v) is 19.8. The van der Waals surface area contributed by atoms with Crippen LogP contribution in [0.25, 0.3) is 0 Å². The SMILES string of the molecule is C[C@@H](C(=O)Nc1ccc(Br)c(C#C[Si](C)(C)C)n1)N(C)C(=O)OC(C)(C)C. The van der Waals surface area contributed by atoms with Gasteiger partial charge in [-0.05, 0) is 55.8 Å². The molecule has 8 heteroatoms. The Morgan fingerprint density at radius 1 is 1.30 bits per heavy atom. The van der Waals surface area contributed by atoms with Gasteiger partial charge in [-0.25, -0.2) is 9.78 Å². The van der Waals surface area contributed by atoms with Gasteiger partial charge in [0.1, 0.15) is 31.2 Å². The van der Waals surface area contributed by atoms with Gasteiger partial charge >= 0.3 is 6.09 Å². The van der Waals surface area contributed by atoms with E-state index in [1.165, 1.54) is 11.9 Å². The molecule has 2 amide bonds. The Labute approximate surface area is 171 Å². The van der Waals surface area contributed by atoms with Gasteiger partial charge in [0.25, 0.3) is 0 Å². The van der Waals surface area contributed by atoms with E-state index in [1.54, 1.807) is 39.8 Å². The van der Waals surface area contributed by atoms with E-state index in [1.807, 2.05) is 0 Å². The maximum absolute atomic E-state index is 12.5. The molecule has 0 saturated heterocycles. The van der Waals surface area contributed by atoms with Crippen LogP contribution >= 0.6 is 15.9 Å². The Morgan fingerprint density at radius 2 is 1.89 bits per heavy atom. The molecule has 0 aromatic carbocycles. The summed E-state index contributed by atoms with van der Waals surface area (Å²) >= 11 is 3.43. The first kappa shape index (κ1) is 23.2. The molecule has 0 aliphatic heterocycles. The van der Waals surface area contributed by atoms with E-state index in [4.69, 9.17) is 4.74 Å². The number of amides is 2. The number of ether oxygens (including phenoxy) is 1. The summed E-state index contributed by atoms with van der Waals surface area (Å²) in [5, 5.41) is 2.73. The molecule has 0 fully saturated rings. The van der Waals surface area contributed by atoms with Crippen LogP contribution in [-0.4, -0.2) is 48.6 Å². The number of carbonyl (C=O) groups is 2. The number of pyridine rings is 1. The minimum atomic E-state index is -1.54. The van der Waals surface area contributed by atoms with Gasteiger partial charge in [-0.1, -0.05) is 25.6 Å². The molecule has 0 aliphatic carbocycles. The second kappa shape index (κ2) is 8.89. The summed E-state index contributed by atoms with van der Waals surface area (Å²) in [6.45, 7) is 13.4. The van der Waals surface area contributed by atoms with E-state index >= 15 is 0 Å². The fourth-order valence-corrected chi connectivity index (χ4v) is 2.56. The highest BCUT2D eigenvalue weighted by atomic mass is 79.9. The molecule has 0 aliphatic rings. The predicted octanol–water partition coefficient (Wildman–Crippen LogP) is 4.27. The van der Waals surface area contributed by atoms with Gasteiger partial charge in [-0.2, -0.15) is 0 Å². The van der Waals surface area contributed by atoms with Gasteiger partial charge < -0.3 is 10.1 Å². The number of aromatic nitrogens is 1. The lowest BCUT2D eigenvalue weighted by Crippen LogP contribution is -2.45. The van der Waals surface area contributed by atoms with Gasteiger partial charge in [0.05, 0.1) is 4.47 Å². The topological polar surface area (TPSA) is 71.5 Å². The van der Waals surface area contributed by atoms with Crippen LogP contribution < -0.4 is 5.32 Å². The molecule has 0 unspecified atom stereocenters. The molecule has 148 valence electrons. The Bertz CT molecular complexity index is 773. The largest absolute Gasteiger partial charge is 0.444 e. The smallest absolute Gasteiger partial charge is 0.410 e. The van der Waals surface area contributed by atoms with Gasteiger partial charge in [-0.3, -0.25) is 9.69 Å². The van der Waals surface area contributed by atoms with E-state index in [-0.39, 0.29) is 5.91 Å². The van der Waals surface area contributed by atoms with E-state index in [0.29, 0.717) is 11.5 Å². The summed E-state index contributed by atoms with van der Waals surface area (Å²) in [4.78, 5) is 30.3. The van der Waals surface area contributed by atoms with Crippen LogP contribution in [0.5, 0.6) is 0 Å². The minimum absolute atomic E-state index is 0.359. The Morgan fingerprint density at radius 3 is 2.41 bits per heavy atom. The molecule has 0 radical (unpaired) electrons.